The molecule has 0 unspecified atom stereocenters. The molecule has 0 aliphatic rings. The Morgan fingerprint density at radius 1 is 1.21 bits per heavy atom. The first-order chi connectivity index (χ1) is 13.5. The van der Waals surface area contributed by atoms with Crippen LogP contribution in [0.15, 0.2) is 28.8 Å². The molecule has 0 spiro atoms. The third kappa shape index (κ3) is 4.33. The molecule has 0 radical (unpaired) electrons. The molecule has 7 nitrogen and oxygen atoms in total. The van der Waals surface area contributed by atoms with E-state index in [0.29, 0.717) is 27.8 Å². The van der Waals surface area contributed by atoms with Crippen molar-refractivity contribution in [2.45, 2.75) is 33.3 Å². The maximum Gasteiger partial charge on any atom is 0.348 e. The van der Waals surface area contributed by atoms with E-state index in [1.165, 1.54) is 16.9 Å². The fraction of sp³-hybridized carbons (Fsp3) is 0.350. The summed E-state index contributed by atoms with van der Waals surface area (Å²) >= 11 is 1.44. The Kier molecular flexibility index (Phi) is 6.30. The lowest BCUT2D eigenvalue weighted by Crippen LogP contribution is -2.03. The summed E-state index contributed by atoms with van der Waals surface area (Å²) in [7, 11) is 3.13. The highest BCUT2D eigenvalue weighted by molar-refractivity contribution is 7.14. The summed E-state index contributed by atoms with van der Waals surface area (Å²) < 4.78 is 21.1. The molecule has 2 aromatic heterocycles. The van der Waals surface area contributed by atoms with E-state index in [1.54, 1.807) is 32.4 Å². The van der Waals surface area contributed by atoms with E-state index in [4.69, 9.17) is 18.7 Å². The number of aromatic nitrogens is 2. The van der Waals surface area contributed by atoms with Gasteiger partial charge in [-0.25, -0.2) is 4.79 Å². The molecule has 0 atom stereocenters. The summed E-state index contributed by atoms with van der Waals surface area (Å²) in [6, 6.07) is 7.19. The number of methoxy groups -OCH3 is 2. The van der Waals surface area contributed by atoms with Crippen LogP contribution in [0.25, 0.3) is 11.4 Å². The van der Waals surface area contributed by atoms with Gasteiger partial charge in [0.15, 0.2) is 6.61 Å². The summed E-state index contributed by atoms with van der Waals surface area (Å²) in [6.45, 7) is 4.03. The zero-order valence-electron chi connectivity index (χ0n) is 16.3. The molecule has 0 saturated carbocycles. The Balaban J connectivity index is 1.68. The van der Waals surface area contributed by atoms with Crippen molar-refractivity contribution in [3.63, 3.8) is 0 Å². The van der Waals surface area contributed by atoms with Gasteiger partial charge in [0.1, 0.15) is 16.4 Å². The summed E-state index contributed by atoms with van der Waals surface area (Å²) in [4.78, 5) is 18.3. The van der Waals surface area contributed by atoms with Crippen molar-refractivity contribution in [1.82, 2.24) is 10.1 Å². The van der Waals surface area contributed by atoms with Crippen LogP contribution in [-0.4, -0.2) is 30.3 Å². The number of benzene rings is 1. The highest BCUT2D eigenvalue weighted by atomic mass is 32.1. The lowest BCUT2D eigenvalue weighted by molar-refractivity contribution is 0.0435. The van der Waals surface area contributed by atoms with E-state index in [1.807, 2.05) is 13.0 Å². The van der Waals surface area contributed by atoms with Crippen molar-refractivity contribution in [3.8, 4) is 22.9 Å². The number of aryl methyl sites for hydroxylation is 2. The minimum atomic E-state index is -0.391. The minimum absolute atomic E-state index is 0.0929. The number of thiophene rings is 1. The number of carbonyl (C=O) groups excluding carboxylic acids is 1. The molecular formula is C20H22N2O5S. The van der Waals surface area contributed by atoms with Crippen LogP contribution in [0.4, 0.5) is 0 Å². The number of hydrogen-bond donors (Lipinski definition) is 0. The Morgan fingerprint density at radius 2 is 2.04 bits per heavy atom. The molecule has 0 amide bonds. The van der Waals surface area contributed by atoms with Crippen molar-refractivity contribution < 1.29 is 23.5 Å². The Hall–Kier alpha value is -2.87. The predicted molar refractivity (Wildman–Crippen MR) is 105 cm³/mol. The summed E-state index contributed by atoms with van der Waals surface area (Å²) in [6.07, 6.45) is 1.98. The molecule has 148 valence electrons. The Morgan fingerprint density at radius 3 is 2.75 bits per heavy atom. The van der Waals surface area contributed by atoms with Crippen molar-refractivity contribution in [2.24, 2.45) is 0 Å². The molecule has 2 heterocycles. The quantitative estimate of drug-likeness (QED) is 0.515. The van der Waals surface area contributed by atoms with Gasteiger partial charge in [-0.15, -0.1) is 11.3 Å². The van der Waals surface area contributed by atoms with Crippen LogP contribution in [0.5, 0.6) is 11.5 Å². The van der Waals surface area contributed by atoms with Gasteiger partial charge < -0.3 is 18.7 Å². The summed E-state index contributed by atoms with van der Waals surface area (Å²) in [5.41, 5.74) is 1.84. The van der Waals surface area contributed by atoms with Gasteiger partial charge in [0.25, 0.3) is 5.89 Å². The number of rotatable bonds is 8. The Labute approximate surface area is 167 Å². The van der Waals surface area contributed by atoms with Gasteiger partial charge in [-0.2, -0.15) is 4.98 Å². The first-order valence-corrected chi connectivity index (χ1v) is 9.68. The van der Waals surface area contributed by atoms with Crippen LogP contribution < -0.4 is 9.47 Å². The number of carbonyl (C=O) groups is 1. The molecule has 3 aromatic rings. The second-order valence-corrected chi connectivity index (χ2v) is 7.35. The SMILES string of the molecule is CCCc1cc(C(=O)OCc2nc(-c3ccc(OC)cc3OC)no2)sc1C. The van der Waals surface area contributed by atoms with E-state index >= 15 is 0 Å². The first kappa shape index (κ1) is 19.9. The molecule has 0 aliphatic heterocycles. The van der Waals surface area contributed by atoms with Gasteiger partial charge in [-0.1, -0.05) is 18.5 Å². The van der Waals surface area contributed by atoms with Crippen molar-refractivity contribution in [3.05, 3.63) is 45.5 Å². The smallest absolute Gasteiger partial charge is 0.348 e. The molecule has 0 bridgehead atoms. The van der Waals surface area contributed by atoms with Crippen LogP contribution in [-0.2, 0) is 17.8 Å². The summed E-state index contributed by atoms with van der Waals surface area (Å²) in [5.74, 6) is 1.39. The summed E-state index contributed by atoms with van der Waals surface area (Å²) in [5, 5.41) is 3.95. The number of esters is 1. The second-order valence-electron chi connectivity index (χ2n) is 6.10. The standard InChI is InChI=1S/C20H22N2O5S/c1-5-6-13-9-17(28-12(13)2)20(23)26-11-18-21-19(22-27-18)15-8-7-14(24-3)10-16(15)25-4/h7-10H,5-6,11H2,1-4H3. The molecule has 8 heteroatoms. The maximum absolute atomic E-state index is 12.3. The van der Waals surface area contributed by atoms with Gasteiger partial charge in [-0.3, -0.25) is 0 Å². The number of nitrogens with zero attached hydrogens (tertiary/aromatic N) is 2. The maximum atomic E-state index is 12.3. The number of ether oxygens (including phenoxy) is 3. The molecule has 0 aliphatic carbocycles. The molecule has 1 aromatic carbocycles. The topological polar surface area (TPSA) is 83.7 Å². The molecule has 0 saturated heterocycles. The fourth-order valence-electron chi connectivity index (χ4n) is 2.74. The lowest BCUT2D eigenvalue weighted by Gasteiger charge is -2.07. The van der Waals surface area contributed by atoms with Crippen LogP contribution in [0.1, 0.15) is 39.3 Å². The fourth-order valence-corrected chi connectivity index (χ4v) is 3.71. The molecular weight excluding hydrogens is 380 g/mol. The first-order valence-electron chi connectivity index (χ1n) is 8.87. The van der Waals surface area contributed by atoms with E-state index in [0.717, 1.165) is 17.7 Å². The third-order valence-electron chi connectivity index (χ3n) is 4.19. The van der Waals surface area contributed by atoms with Gasteiger partial charge in [-0.05, 0) is 37.1 Å². The average Bonchev–Trinajstić information content (AvgIpc) is 3.33. The van der Waals surface area contributed by atoms with Crippen LogP contribution >= 0.6 is 11.3 Å². The number of hydrogen-bond acceptors (Lipinski definition) is 8. The second kappa shape index (κ2) is 8.88. The van der Waals surface area contributed by atoms with Crippen LogP contribution in [0.2, 0.25) is 0 Å². The highest BCUT2D eigenvalue weighted by Gasteiger charge is 2.17. The average molecular weight is 402 g/mol. The van der Waals surface area contributed by atoms with Gasteiger partial charge >= 0.3 is 5.97 Å². The zero-order chi connectivity index (χ0) is 20.1. The van der Waals surface area contributed by atoms with Crippen molar-refractivity contribution in [1.29, 1.82) is 0 Å². The monoisotopic (exact) mass is 402 g/mol. The normalized spacial score (nSPS) is 10.7. The van der Waals surface area contributed by atoms with E-state index in [2.05, 4.69) is 17.1 Å². The lowest BCUT2D eigenvalue weighted by atomic mass is 10.1. The Bertz CT molecular complexity index is 963. The van der Waals surface area contributed by atoms with Gasteiger partial charge in [0, 0.05) is 10.9 Å². The van der Waals surface area contributed by atoms with Gasteiger partial charge in [0.05, 0.1) is 19.8 Å². The largest absolute Gasteiger partial charge is 0.497 e. The highest BCUT2D eigenvalue weighted by Crippen LogP contribution is 2.31. The third-order valence-corrected chi connectivity index (χ3v) is 5.26. The molecule has 0 fully saturated rings. The van der Waals surface area contributed by atoms with E-state index in [9.17, 15) is 4.79 Å². The predicted octanol–water partition coefficient (Wildman–Crippen LogP) is 4.43. The molecule has 0 N–H and O–H groups in total. The minimum Gasteiger partial charge on any atom is -0.497 e. The molecule has 28 heavy (non-hydrogen) atoms. The van der Waals surface area contributed by atoms with Crippen LogP contribution in [0.3, 0.4) is 0 Å². The molecule has 3 rings (SSSR count). The van der Waals surface area contributed by atoms with Crippen LogP contribution in [0, 0.1) is 6.92 Å². The van der Waals surface area contributed by atoms with Crippen molar-refractivity contribution >= 4 is 17.3 Å². The van der Waals surface area contributed by atoms with Gasteiger partial charge in [0.2, 0.25) is 5.82 Å². The van der Waals surface area contributed by atoms with E-state index < -0.39 is 5.97 Å². The van der Waals surface area contributed by atoms with E-state index in [-0.39, 0.29) is 12.5 Å². The zero-order valence-corrected chi connectivity index (χ0v) is 17.1. The van der Waals surface area contributed by atoms with Crippen molar-refractivity contribution in [2.75, 3.05) is 14.2 Å².